The average Bonchev–Trinajstić information content (AvgIpc) is 2.47. The number of esters is 1. The Balaban J connectivity index is 2.65. The van der Waals surface area contributed by atoms with E-state index in [1.807, 2.05) is 6.07 Å². The summed E-state index contributed by atoms with van der Waals surface area (Å²) in [6, 6.07) is 8.99. The van der Waals surface area contributed by atoms with E-state index in [4.69, 9.17) is 26.8 Å². The molecule has 0 bridgehead atoms. The number of allylic oxidation sites excluding steroid dienone is 2. The third-order valence-electron chi connectivity index (χ3n) is 3.32. The quantitative estimate of drug-likeness (QED) is 0.866. The summed E-state index contributed by atoms with van der Waals surface area (Å²) >= 11 is 6.23. The van der Waals surface area contributed by atoms with Crippen molar-refractivity contribution in [3.8, 4) is 6.07 Å². The van der Waals surface area contributed by atoms with Gasteiger partial charge in [-0.05, 0) is 25.5 Å². The molecule has 1 atom stereocenters. The Bertz CT molecular complexity index is 716. The van der Waals surface area contributed by atoms with Crippen LogP contribution in [0.25, 0.3) is 0 Å². The molecule has 5 nitrogen and oxygen atoms in total. The minimum Gasteiger partial charge on any atom is -0.463 e. The van der Waals surface area contributed by atoms with Gasteiger partial charge in [0.15, 0.2) is 0 Å². The first-order valence-corrected chi connectivity index (χ1v) is 7.08. The molecule has 0 radical (unpaired) electrons. The van der Waals surface area contributed by atoms with Gasteiger partial charge in [-0.3, -0.25) is 0 Å². The summed E-state index contributed by atoms with van der Waals surface area (Å²) < 4.78 is 10.4. The van der Waals surface area contributed by atoms with Crippen molar-refractivity contribution >= 4 is 17.6 Å². The Morgan fingerprint density at radius 3 is 2.77 bits per heavy atom. The molecule has 0 spiro atoms. The van der Waals surface area contributed by atoms with E-state index >= 15 is 0 Å². The summed E-state index contributed by atoms with van der Waals surface area (Å²) in [7, 11) is 0. The van der Waals surface area contributed by atoms with Crippen LogP contribution in [0, 0.1) is 11.3 Å². The zero-order chi connectivity index (χ0) is 16.3. The lowest BCUT2D eigenvalue weighted by Gasteiger charge is -2.27. The monoisotopic (exact) mass is 318 g/mol. The zero-order valence-corrected chi connectivity index (χ0v) is 13.0. The number of rotatable bonds is 3. The van der Waals surface area contributed by atoms with Gasteiger partial charge in [-0.25, -0.2) is 4.79 Å². The summed E-state index contributed by atoms with van der Waals surface area (Å²) in [4.78, 5) is 12.3. The van der Waals surface area contributed by atoms with E-state index in [0.717, 1.165) is 0 Å². The number of nitriles is 1. The minimum atomic E-state index is -0.702. The molecule has 0 fully saturated rings. The van der Waals surface area contributed by atoms with Crippen LogP contribution in [0.5, 0.6) is 0 Å². The maximum atomic E-state index is 12.3. The average molecular weight is 319 g/mol. The number of ether oxygens (including phenoxy) is 2. The van der Waals surface area contributed by atoms with Gasteiger partial charge in [-0.1, -0.05) is 29.8 Å². The molecule has 0 saturated carbocycles. The lowest BCUT2D eigenvalue weighted by molar-refractivity contribution is -0.139. The largest absolute Gasteiger partial charge is 0.463 e. The Morgan fingerprint density at radius 1 is 1.50 bits per heavy atom. The first-order valence-electron chi connectivity index (χ1n) is 6.71. The first kappa shape index (κ1) is 15.9. The van der Waals surface area contributed by atoms with E-state index in [-0.39, 0.29) is 23.6 Å². The molecule has 0 saturated heterocycles. The highest BCUT2D eigenvalue weighted by atomic mass is 35.5. The Morgan fingerprint density at radius 2 is 2.18 bits per heavy atom. The van der Waals surface area contributed by atoms with Gasteiger partial charge in [-0.2, -0.15) is 5.26 Å². The van der Waals surface area contributed by atoms with Crippen LogP contribution in [-0.2, 0) is 14.3 Å². The second-order valence-electron chi connectivity index (χ2n) is 4.64. The molecule has 1 aromatic rings. The van der Waals surface area contributed by atoms with E-state index in [1.165, 1.54) is 0 Å². The molecule has 114 valence electrons. The normalized spacial score (nSPS) is 17.8. The zero-order valence-electron chi connectivity index (χ0n) is 12.2. The van der Waals surface area contributed by atoms with Gasteiger partial charge in [-0.15, -0.1) is 0 Å². The molecule has 6 heteroatoms. The number of nitrogens with two attached hydrogens (primary N) is 1. The van der Waals surface area contributed by atoms with E-state index in [2.05, 4.69) is 0 Å². The Kier molecular flexibility index (Phi) is 4.74. The predicted octanol–water partition coefficient (Wildman–Crippen LogP) is 2.98. The molecule has 2 N–H and O–H groups in total. The molecule has 0 unspecified atom stereocenters. The molecule has 1 heterocycles. The summed E-state index contributed by atoms with van der Waals surface area (Å²) in [5.41, 5.74) is 6.78. The topological polar surface area (TPSA) is 85.3 Å². The van der Waals surface area contributed by atoms with Crippen molar-refractivity contribution in [1.82, 2.24) is 0 Å². The standard InChI is InChI=1S/C16H15ClN2O3/c1-3-21-16(20)13-9(2)22-15(19)11(8-18)14(13)10-6-4-5-7-12(10)17/h4-7,14H,3,19H2,1-2H3/t14-/m0/s1. The van der Waals surface area contributed by atoms with E-state index in [9.17, 15) is 10.1 Å². The van der Waals surface area contributed by atoms with Crippen LogP contribution in [0.3, 0.4) is 0 Å². The predicted molar refractivity (Wildman–Crippen MR) is 81.4 cm³/mol. The molecular formula is C16H15ClN2O3. The smallest absolute Gasteiger partial charge is 0.338 e. The van der Waals surface area contributed by atoms with Crippen LogP contribution in [0.1, 0.15) is 25.3 Å². The maximum Gasteiger partial charge on any atom is 0.338 e. The molecule has 0 aliphatic carbocycles. The van der Waals surface area contributed by atoms with Gasteiger partial charge in [0.2, 0.25) is 5.88 Å². The fourth-order valence-corrected chi connectivity index (χ4v) is 2.62. The van der Waals surface area contributed by atoms with Gasteiger partial charge in [0.1, 0.15) is 17.4 Å². The second-order valence-corrected chi connectivity index (χ2v) is 5.04. The third kappa shape index (κ3) is 2.78. The molecule has 2 rings (SSSR count). The van der Waals surface area contributed by atoms with Gasteiger partial charge in [0.05, 0.1) is 18.1 Å². The fraction of sp³-hybridized carbons (Fsp3) is 0.250. The van der Waals surface area contributed by atoms with E-state index in [1.54, 1.807) is 38.1 Å². The SMILES string of the molecule is CCOC(=O)C1=C(C)OC(N)=C(C#N)[C@@H]1c1ccccc1Cl. The molecule has 22 heavy (non-hydrogen) atoms. The van der Waals surface area contributed by atoms with Gasteiger partial charge in [0.25, 0.3) is 0 Å². The maximum absolute atomic E-state index is 12.3. The summed E-state index contributed by atoms with van der Waals surface area (Å²) in [6.45, 7) is 3.53. The number of hydrogen-bond acceptors (Lipinski definition) is 5. The highest BCUT2D eigenvalue weighted by Gasteiger charge is 2.37. The molecule has 1 aliphatic rings. The number of hydrogen-bond donors (Lipinski definition) is 1. The fourth-order valence-electron chi connectivity index (χ4n) is 2.38. The van der Waals surface area contributed by atoms with Crippen LogP contribution in [0.4, 0.5) is 0 Å². The molecule has 0 aromatic heterocycles. The molecule has 0 amide bonds. The number of halogens is 1. The van der Waals surface area contributed by atoms with Crippen LogP contribution in [-0.4, -0.2) is 12.6 Å². The van der Waals surface area contributed by atoms with Crippen molar-refractivity contribution in [1.29, 1.82) is 5.26 Å². The molecular weight excluding hydrogens is 304 g/mol. The van der Waals surface area contributed by atoms with Gasteiger partial charge >= 0.3 is 5.97 Å². The first-order chi connectivity index (χ1) is 10.5. The summed E-state index contributed by atoms with van der Waals surface area (Å²) in [5, 5.41) is 9.85. The van der Waals surface area contributed by atoms with Gasteiger partial charge in [0, 0.05) is 5.02 Å². The van der Waals surface area contributed by atoms with Crippen molar-refractivity contribution in [3.05, 3.63) is 57.6 Å². The van der Waals surface area contributed by atoms with E-state index in [0.29, 0.717) is 16.3 Å². The van der Waals surface area contributed by atoms with Gasteiger partial charge < -0.3 is 15.2 Å². The van der Waals surface area contributed by atoms with Crippen LogP contribution in [0.15, 0.2) is 47.1 Å². The van der Waals surface area contributed by atoms with Crippen molar-refractivity contribution < 1.29 is 14.3 Å². The highest BCUT2D eigenvalue weighted by Crippen LogP contribution is 2.41. The number of carbonyl (C=O) groups excluding carboxylic acids is 1. The Labute approximate surface area is 133 Å². The minimum absolute atomic E-state index is 0.0297. The summed E-state index contributed by atoms with van der Waals surface area (Å²) in [5.74, 6) is -0.977. The third-order valence-corrected chi connectivity index (χ3v) is 3.66. The van der Waals surface area contributed by atoms with Crippen LogP contribution < -0.4 is 5.73 Å². The summed E-state index contributed by atoms with van der Waals surface area (Å²) in [6.07, 6.45) is 0. The number of nitrogens with zero attached hydrogens (tertiary/aromatic N) is 1. The number of benzene rings is 1. The Hall–Kier alpha value is -2.45. The molecule has 1 aliphatic heterocycles. The highest BCUT2D eigenvalue weighted by molar-refractivity contribution is 6.31. The molecule has 1 aromatic carbocycles. The van der Waals surface area contributed by atoms with Crippen molar-refractivity contribution in [2.24, 2.45) is 5.73 Å². The van der Waals surface area contributed by atoms with E-state index < -0.39 is 11.9 Å². The van der Waals surface area contributed by atoms with Crippen LogP contribution in [0.2, 0.25) is 5.02 Å². The lowest BCUT2D eigenvalue weighted by atomic mass is 9.83. The second kappa shape index (κ2) is 6.54. The van der Waals surface area contributed by atoms with Crippen molar-refractivity contribution in [2.75, 3.05) is 6.61 Å². The lowest BCUT2D eigenvalue weighted by Crippen LogP contribution is -2.25. The van der Waals surface area contributed by atoms with Crippen LogP contribution >= 0.6 is 11.6 Å². The van der Waals surface area contributed by atoms with Crippen molar-refractivity contribution in [2.45, 2.75) is 19.8 Å². The van der Waals surface area contributed by atoms with Crippen molar-refractivity contribution in [3.63, 3.8) is 0 Å². The number of carbonyl (C=O) groups is 1.